The molecule has 0 spiro atoms. The highest BCUT2D eigenvalue weighted by molar-refractivity contribution is 7.99. The molecule has 0 bridgehead atoms. The molecule has 1 fully saturated rings. The average Bonchev–Trinajstić information content (AvgIpc) is 2.85. The Kier molecular flexibility index (Phi) is 4.60. The molecule has 1 heterocycles. The third-order valence-electron chi connectivity index (χ3n) is 2.88. The van der Waals surface area contributed by atoms with Crippen molar-refractivity contribution in [2.24, 2.45) is 0 Å². The Morgan fingerprint density at radius 2 is 2.28 bits per heavy atom. The first-order valence-electron chi connectivity index (χ1n) is 6.01. The van der Waals surface area contributed by atoms with E-state index in [0.717, 1.165) is 17.2 Å². The summed E-state index contributed by atoms with van der Waals surface area (Å²) >= 11 is 1.73. The molecule has 0 aliphatic carbocycles. The van der Waals surface area contributed by atoms with Crippen molar-refractivity contribution in [3.8, 4) is 0 Å². The van der Waals surface area contributed by atoms with Crippen molar-refractivity contribution in [2.75, 3.05) is 11.6 Å². The van der Waals surface area contributed by atoms with Gasteiger partial charge in [-0.15, -0.1) is 11.8 Å². The Labute approximate surface area is 111 Å². The molecule has 1 aliphatic rings. The van der Waals surface area contributed by atoms with E-state index in [9.17, 15) is 9.18 Å². The molecule has 1 aliphatic heterocycles. The van der Waals surface area contributed by atoms with E-state index in [4.69, 9.17) is 0 Å². The van der Waals surface area contributed by atoms with Crippen LogP contribution in [0.2, 0.25) is 0 Å². The molecule has 2 atom stereocenters. The summed E-state index contributed by atoms with van der Waals surface area (Å²) in [5.74, 6) is 1.48. The van der Waals surface area contributed by atoms with Crippen LogP contribution in [0.25, 0.3) is 0 Å². The fraction of sp³-hybridized carbons (Fsp3) is 0.462. The van der Waals surface area contributed by atoms with Crippen molar-refractivity contribution in [1.82, 2.24) is 10.6 Å². The van der Waals surface area contributed by atoms with Crippen molar-refractivity contribution < 1.29 is 9.18 Å². The second-order valence-electron chi connectivity index (χ2n) is 4.51. The number of carbonyl (C=O) groups excluding carboxylic acids is 1. The molecule has 1 aromatic carbocycles. The van der Waals surface area contributed by atoms with Crippen LogP contribution < -0.4 is 10.6 Å². The summed E-state index contributed by atoms with van der Waals surface area (Å²) < 4.78 is 12.8. The van der Waals surface area contributed by atoms with Crippen LogP contribution in [0.5, 0.6) is 0 Å². The second-order valence-corrected chi connectivity index (χ2v) is 5.54. The van der Waals surface area contributed by atoms with Gasteiger partial charge in [0.25, 0.3) is 0 Å². The van der Waals surface area contributed by atoms with Crippen LogP contribution in [0.4, 0.5) is 4.39 Å². The first-order valence-corrected chi connectivity index (χ1v) is 7.16. The number of rotatable bonds is 4. The van der Waals surface area contributed by atoms with Gasteiger partial charge in [-0.2, -0.15) is 0 Å². The van der Waals surface area contributed by atoms with Gasteiger partial charge in [-0.3, -0.25) is 10.1 Å². The maximum atomic E-state index is 12.8. The fourth-order valence-electron chi connectivity index (χ4n) is 1.93. The van der Waals surface area contributed by atoms with Gasteiger partial charge in [-0.05, 0) is 31.0 Å². The molecule has 2 rings (SSSR count). The summed E-state index contributed by atoms with van der Waals surface area (Å²) in [5.41, 5.74) is 1.03. The maximum Gasteiger partial charge on any atom is 0.238 e. The second kappa shape index (κ2) is 6.20. The van der Waals surface area contributed by atoms with Crippen molar-refractivity contribution >= 4 is 17.7 Å². The highest BCUT2D eigenvalue weighted by atomic mass is 32.2. The molecule has 18 heavy (non-hydrogen) atoms. The third kappa shape index (κ3) is 3.71. The van der Waals surface area contributed by atoms with Gasteiger partial charge in [0.05, 0.1) is 6.04 Å². The van der Waals surface area contributed by atoms with E-state index in [1.165, 1.54) is 12.1 Å². The summed E-state index contributed by atoms with van der Waals surface area (Å²) in [6, 6.07) is 6.36. The average molecular weight is 268 g/mol. The molecule has 98 valence electrons. The lowest BCUT2D eigenvalue weighted by atomic mass is 10.1. The first kappa shape index (κ1) is 13.4. The number of halogens is 1. The van der Waals surface area contributed by atoms with E-state index in [1.54, 1.807) is 23.9 Å². The summed E-state index contributed by atoms with van der Waals surface area (Å²) in [5, 5.41) is 6.11. The number of thioether (sulfide) groups is 1. The van der Waals surface area contributed by atoms with Crippen LogP contribution >= 0.6 is 11.8 Å². The van der Waals surface area contributed by atoms with E-state index in [0.29, 0.717) is 6.42 Å². The van der Waals surface area contributed by atoms with E-state index >= 15 is 0 Å². The van der Waals surface area contributed by atoms with Gasteiger partial charge in [0.2, 0.25) is 5.91 Å². The topological polar surface area (TPSA) is 41.1 Å². The van der Waals surface area contributed by atoms with Gasteiger partial charge in [-0.25, -0.2) is 4.39 Å². The van der Waals surface area contributed by atoms with Crippen LogP contribution in [-0.4, -0.2) is 29.6 Å². The molecule has 0 saturated carbocycles. The lowest BCUT2D eigenvalue weighted by Gasteiger charge is -2.17. The molecule has 5 heteroatoms. The van der Waals surface area contributed by atoms with Crippen LogP contribution in [0, 0.1) is 5.82 Å². The molecule has 2 unspecified atom stereocenters. The number of amides is 1. The standard InChI is InChI=1S/C13H17FN2OS/c1-9(6-10-2-4-11(14)5-3-10)16-13(17)12-7-18-8-15-12/h2-5,9,12,15H,6-8H2,1H3,(H,16,17). The lowest BCUT2D eigenvalue weighted by molar-refractivity contribution is -0.123. The molecule has 2 N–H and O–H groups in total. The summed E-state index contributed by atoms with van der Waals surface area (Å²) in [4.78, 5) is 11.9. The molecule has 0 radical (unpaired) electrons. The van der Waals surface area contributed by atoms with E-state index < -0.39 is 0 Å². The Bertz CT molecular complexity index is 404. The largest absolute Gasteiger partial charge is 0.352 e. The monoisotopic (exact) mass is 268 g/mol. The van der Waals surface area contributed by atoms with Gasteiger partial charge in [-0.1, -0.05) is 12.1 Å². The Morgan fingerprint density at radius 1 is 1.56 bits per heavy atom. The Morgan fingerprint density at radius 3 is 2.89 bits per heavy atom. The Balaban J connectivity index is 1.82. The van der Waals surface area contributed by atoms with E-state index in [2.05, 4.69) is 10.6 Å². The fourth-order valence-corrected chi connectivity index (χ4v) is 2.87. The maximum absolute atomic E-state index is 12.8. The van der Waals surface area contributed by atoms with Crippen molar-refractivity contribution in [2.45, 2.75) is 25.4 Å². The van der Waals surface area contributed by atoms with Gasteiger partial charge in [0.1, 0.15) is 5.82 Å². The van der Waals surface area contributed by atoms with Crippen LogP contribution in [0.3, 0.4) is 0 Å². The van der Waals surface area contributed by atoms with E-state index in [1.807, 2.05) is 6.92 Å². The normalized spacial score (nSPS) is 20.7. The van der Waals surface area contributed by atoms with Gasteiger partial charge in [0, 0.05) is 17.7 Å². The van der Waals surface area contributed by atoms with Crippen molar-refractivity contribution in [3.63, 3.8) is 0 Å². The quantitative estimate of drug-likeness (QED) is 0.870. The van der Waals surface area contributed by atoms with Gasteiger partial charge < -0.3 is 5.32 Å². The number of hydrogen-bond acceptors (Lipinski definition) is 3. The van der Waals surface area contributed by atoms with Crippen LogP contribution in [0.1, 0.15) is 12.5 Å². The smallest absolute Gasteiger partial charge is 0.238 e. The predicted molar refractivity (Wildman–Crippen MR) is 72.0 cm³/mol. The van der Waals surface area contributed by atoms with E-state index in [-0.39, 0.29) is 23.8 Å². The van der Waals surface area contributed by atoms with Gasteiger partial charge in [0.15, 0.2) is 0 Å². The van der Waals surface area contributed by atoms with Gasteiger partial charge >= 0.3 is 0 Å². The lowest BCUT2D eigenvalue weighted by Crippen LogP contribution is -2.46. The number of benzene rings is 1. The molecule has 1 amide bonds. The molecular weight excluding hydrogens is 251 g/mol. The van der Waals surface area contributed by atoms with Crippen LogP contribution in [0.15, 0.2) is 24.3 Å². The zero-order valence-electron chi connectivity index (χ0n) is 10.3. The van der Waals surface area contributed by atoms with Crippen molar-refractivity contribution in [1.29, 1.82) is 0 Å². The van der Waals surface area contributed by atoms with Crippen molar-refractivity contribution in [3.05, 3.63) is 35.6 Å². The SMILES string of the molecule is CC(Cc1ccc(F)cc1)NC(=O)C1CSCN1. The predicted octanol–water partition coefficient (Wildman–Crippen LogP) is 1.54. The zero-order chi connectivity index (χ0) is 13.0. The Hall–Kier alpha value is -1.07. The first-order chi connectivity index (χ1) is 8.65. The summed E-state index contributed by atoms with van der Waals surface area (Å²) in [6.45, 7) is 1.96. The number of nitrogens with one attached hydrogen (secondary N) is 2. The minimum Gasteiger partial charge on any atom is -0.352 e. The summed E-state index contributed by atoms with van der Waals surface area (Å²) in [6.07, 6.45) is 0.714. The highest BCUT2D eigenvalue weighted by Gasteiger charge is 2.23. The third-order valence-corrected chi connectivity index (χ3v) is 3.82. The molecule has 3 nitrogen and oxygen atoms in total. The molecule has 0 aromatic heterocycles. The number of hydrogen-bond donors (Lipinski definition) is 2. The van der Waals surface area contributed by atoms with Crippen LogP contribution in [-0.2, 0) is 11.2 Å². The minimum atomic E-state index is -0.234. The number of carbonyl (C=O) groups is 1. The minimum absolute atomic E-state index is 0.0506. The molecule has 1 aromatic rings. The molecular formula is C13H17FN2OS. The highest BCUT2D eigenvalue weighted by Crippen LogP contribution is 2.10. The summed E-state index contributed by atoms with van der Waals surface area (Å²) in [7, 11) is 0. The molecule has 1 saturated heterocycles. The zero-order valence-corrected chi connectivity index (χ0v) is 11.1.